The molecule has 1 aromatic heterocycles. The molecule has 0 bridgehead atoms. The molecule has 92 valence electrons. The van der Waals surface area contributed by atoms with Gasteiger partial charge < -0.3 is 5.32 Å². The maximum Gasteiger partial charge on any atom is 0.258 e. The lowest BCUT2D eigenvalue weighted by Gasteiger charge is -2.06. The molecule has 0 aliphatic carbocycles. The summed E-state index contributed by atoms with van der Waals surface area (Å²) in [5.74, 6) is -0.0164. The van der Waals surface area contributed by atoms with E-state index >= 15 is 0 Å². The van der Waals surface area contributed by atoms with Crippen molar-refractivity contribution in [2.75, 3.05) is 5.32 Å². The van der Waals surface area contributed by atoms with Gasteiger partial charge in [0.25, 0.3) is 5.91 Å². The maximum absolute atomic E-state index is 12.0. The van der Waals surface area contributed by atoms with Gasteiger partial charge in [0.2, 0.25) is 0 Å². The van der Waals surface area contributed by atoms with Gasteiger partial charge in [0.05, 0.1) is 18.0 Å². The van der Waals surface area contributed by atoms with E-state index in [1.54, 1.807) is 18.2 Å². The highest BCUT2D eigenvalue weighted by Gasteiger charge is 2.11. The number of amides is 1. The van der Waals surface area contributed by atoms with Crippen LogP contribution in [0.15, 0.2) is 35.1 Å². The van der Waals surface area contributed by atoms with Gasteiger partial charge in [-0.2, -0.15) is 0 Å². The molecule has 1 amide bonds. The summed E-state index contributed by atoms with van der Waals surface area (Å²) in [5.41, 5.74) is 0.416. The van der Waals surface area contributed by atoms with Crippen LogP contribution in [0.1, 0.15) is 10.4 Å². The molecule has 2 aromatic rings. The Hall–Kier alpha value is -1.17. The molecule has 0 fully saturated rings. The molecule has 0 saturated heterocycles. The molecule has 1 heterocycles. The summed E-state index contributed by atoms with van der Waals surface area (Å²) < 4.78 is 0.645. The predicted molar refractivity (Wildman–Crippen MR) is 74.1 cm³/mol. The van der Waals surface area contributed by atoms with Gasteiger partial charge in [0.15, 0.2) is 5.82 Å². The molecule has 2 rings (SSSR count). The van der Waals surface area contributed by atoms with E-state index in [0.717, 1.165) is 0 Å². The van der Waals surface area contributed by atoms with Crippen LogP contribution in [0.2, 0.25) is 10.2 Å². The first kappa shape index (κ1) is 13.3. The van der Waals surface area contributed by atoms with Crippen molar-refractivity contribution in [2.45, 2.75) is 0 Å². The fraction of sp³-hybridized carbons (Fsp3) is 0. The van der Waals surface area contributed by atoms with Crippen molar-refractivity contribution >= 4 is 50.9 Å². The van der Waals surface area contributed by atoms with Crippen molar-refractivity contribution < 1.29 is 4.79 Å². The minimum absolute atomic E-state index is 0.261. The third kappa shape index (κ3) is 3.19. The van der Waals surface area contributed by atoms with Gasteiger partial charge in [-0.1, -0.05) is 23.2 Å². The van der Waals surface area contributed by atoms with Gasteiger partial charge in [-0.05, 0) is 34.1 Å². The highest BCUT2D eigenvalue weighted by atomic mass is 79.9. The topological polar surface area (TPSA) is 54.9 Å². The molecule has 0 aliphatic rings. The Balaban J connectivity index is 2.21. The van der Waals surface area contributed by atoms with Gasteiger partial charge >= 0.3 is 0 Å². The second-order valence-electron chi connectivity index (χ2n) is 3.30. The maximum atomic E-state index is 12.0. The van der Waals surface area contributed by atoms with Crippen LogP contribution in [-0.4, -0.2) is 15.9 Å². The number of benzene rings is 1. The van der Waals surface area contributed by atoms with Crippen molar-refractivity contribution in [3.05, 3.63) is 50.8 Å². The van der Waals surface area contributed by atoms with Gasteiger partial charge in [-0.3, -0.25) is 4.79 Å². The summed E-state index contributed by atoms with van der Waals surface area (Å²) in [6.45, 7) is 0. The van der Waals surface area contributed by atoms with Crippen molar-refractivity contribution in [3.8, 4) is 0 Å². The van der Waals surface area contributed by atoms with Crippen LogP contribution >= 0.6 is 39.1 Å². The Labute approximate surface area is 121 Å². The standard InChI is InChI=1S/C11H6BrCl2N3O/c12-8-2-1-6(13)3-7(8)11(18)17-10-5-15-9(14)4-16-10/h1-5H,(H,16,17,18). The van der Waals surface area contributed by atoms with Crippen LogP contribution < -0.4 is 5.32 Å². The molecule has 0 aliphatic heterocycles. The zero-order valence-corrected chi connectivity index (χ0v) is 11.9. The van der Waals surface area contributed by atoms with Crippen LogP contribution in [0.25, 0.3) is 0 Å². The number of hydrogen-bond donors (Lipinski definition) is 1. The first-order valence-corrected chi connectivity index (χ1v) is 6.35. The Kier molecular flexibility index (Phi) is 4.16. The molecule has 0 spiro atoms. The fourth-order valence-electron chi connectivity index (χ4n) is 1.23. The minimum atomic E-state index is -0.332. The molecule has 7 heteroatoms. The van der Waals surface area contributed by atoms with Gasteiger partial charge in [-0.15, -0.1) is 0 Å². The number of halogens is 3. The summed E-state index contributed by atoms with van der Waals surface area (Å²) in [6, 6.07) is 4.94. The second kappa shape index (κ2) is 5.65. The molecule has 0 radical (unpaired) electrons. The van der Waals surface area contributed by atoms with Gasteiger partial charge in [0, 0.05) is 9.50 Å². The monoisotopic (exact) mass is 345 g/mol. The SMILES string of the molecule is O=C(Nc1cnc(Cl)cn1)c1cc(Cl)ccc1Br. The van der Waals surface area contributed by atoms with Crippen molar-refractivity contribution in [3.63, 3.8) is 0 Å². The molecule has 18 heavy (non-hydrogen) atoms. The summed E-state index contributed by atoms with van der Waals surface area (Å²) >= 11 is 14.7. The average Bonchev–Trinajstić information content (AvgIpc) is 2.35. The highest BCUT2D eigenvalue weighted by Crippen LogP contribution is 2.22. The highest BCUT2D eigenvalue weighted by molar-refractivity contribution is 9.10. The summed E-state index contributed by atoms with van der Waals surface area (Å²) in [7, 11) is 0. The number of anilines is 1. The number of hydrogen-bond acceptors (Lipinski definition) is 3. The molecule has 4 nitrogen and oxygen atoms in total. The zero-order valence-electron chi connectivity index (χ0n) is 8.82. The number of aromatic nitrogens is 2. The number of carbonyl (C=O) groups is 1. The van der Waals surface area contributed by atoms with E-state index < -0.39 is 0 Å². The van der Waals surface area contributed by atoms with Crippen LogP contribution in [0.5, 0.6) is 0 Å². The predicted octanol–water partition coefficient (Wildman–Crippen LogP) is 3.80. The lowest BCUT2D eigenvalue weighted by Crippen LogP contribution is -2.13. The molecular weight excluding hydrogens is 341 g/mol. The Morgan fingerprint density at radius 1 is 1.22 bits per heavy atom. The summed E-state index contributed by atoms with van der Waals surface area (Å²) in [5, 5.41) is 3.33. The first-order valence-electron chi connectivity index (χ1n) is 4.80. The lowest BCUT2D eigenvalue weighted by molar-refractivity contribution is 0.102. The third-order valence-electron chi connectivity index (χ3n) is 2.03. The van der Waals surface area contributed by atoms with Crippen molar-refractivity contribution in [1.29, 1.82) is 0 Å². The van der Waals surface area contributed by atoms with Crippen LogP contribution in [0.4, 0.5) is 5.82 Å². The van der Waals surface area contributed by atoms with E-state index in [0.29, 0.717) is 20.9 Å². The van der Waals surface area contributed by atoms with E-state index in [2.05, 4.69) is 31.2 Å². The molecule has 0 saturated carbocycles. The molecule has 0 unspecified atom stereocenters. The van der Waals surface area contributed by atoms with E-state index in [9.17, 15) is 4.79 Å². The van der Waals surface area contributed by atoms with Gasteiger partial charge in [-0.25, -0.2) is 9.97 Å². The Bertz CT molecular complexity index is 589. The molecule has 1 N–H and O–H groups in total. The zero-order chi connectivity index (χ0) is 13.1. The number of rotatable bonds is 2. The normalized spacial score (nSPS) is 10.2. The smallest absolute Gasteiger partial charge is 0.258 e. The van der Waals surface area contributed by atoms with E-state index in [-0.39, 0.29) is 11.1 Å². The summed E-state index contributed by atoms with van der Waals surface area (Å²) in [6.07, 6.45) is 2.73. The first-order chi connectivity index (χ1) is 8.56. The second-order valence-corrected chi connectivity index (χ2v) is 4.98. The van der Waals surface area contributed by atoms with E-state index in [1.807, 2.05) is 0 Å². The van der Waals surface area contributed by atoms with Gasteiger partial charge in [0.1, 0.15) is 5.15 Å². The lowest BCUT2D eigenvalue weighted by atomic mass is 10.2. The molecule has 1 aromatic carbocycles. The number of nitrogens with one attached hydrogen (secondary N) is 1. The Morgan fingerprint density at radius 2 is 2.00 bits per heavy atom. The van der Waals surface area contributed by atoms with Crippen molar-refractivity contribution in [1.82, 2.24) is 9.97 Å². The fourth-order valence-corrected chi connectivity index (χ4v) is 1.93. The summed E-state index contributed by atoms with van der Waals surface area (Å²) in [4.78, 5) is 19.7. The largest absolute Gasteiger partial charge is 0.305 e. The number of carbonyl (C=O) groups excluding carboxylic acids is 1. The molecular formula is C11H6BrCl2N3O. The average molecular weight is 347 g/mol. The van der Waals surface area contributed by atoms with Crippen molar-refractivity contribution in [2.24, 2.45) is 0 Å². The quantitative estimate of drug-likeness (QED) is 0.899. The van der Waals surface area contributed by atoms with Crippen LogP contribution in [0, 0.1) is 0 Å². The minimum Gasteiger partial charge on any atom is -0.305 e. The third-order valence-corrected chi connectivity index (χ3v) is 3.16. The van der Waals surface area contributed by atoms with E-state index in [4.69, 9.17) is 23.2 Å². The van der Waals surface area contributed by atoms with Crippen LogP contribution in [0.3, 0.4) is 0 Å². The van der Waals surface area contributed by atoms with Crippen LogP contribution in [-0.2, 0) is 0 Å². The number of nitrogens with zero attached hydrogens (tertiary/aromatic N) is 2. The van der Waals surface area contributed by atoms with E-state index in [1.165, 1.54) is 12.4 Å². The molecule has 0 atom stereocenters. The Morgan fingerprint density at radius 3 is 2.67 bits per heavy atom.